The second-order valence-corrected chi connectivity index (χ2v) is 3.66. The van der Waals surface area contributed by atoms with E-state index >= 15 is 0 Å². The van der Waals surface area contributed by atoms with E-state index in [9.17, 15) is 0 Å². The van der Waals surface area contributed by atoms with Gasteiger partial charge < -0.3 is 9.47 Å². The summed E-state index contributed by atoms with van der Waals surface area (Å²) in [4.78, 5) is 0. The lowest BCUT2D eigenvalue weighted by Crippen LogP contribution is -1.95. The van der Waals surface area contributed by atoms with Gasteiger partial charge in [-0.15, -0.1) is 0 Å². The minimum Gasteiger partial charge on any atom is -0.496 e. The minimum absolute atomic E-state index is 0.746. The maximum absolute atomic E-state index is 5.71. The van der Waals surface area contributed by atoms with Crippen LogP contribution in [0.15, 0.2) is 36.4 Å². The SMILES string of the molecule is CCCOc1cccc2c(OC)cccc12. The molecule has 84 valence electrons. The molecule has 2 nitrogen and oxygen atoms in total. The van der Waals surface area contributed by atoms with Crippen molar-refractivity contribution in [3.8, 4) is 11.5 Å². The van der Waals surface area contributed by atoms with E-state index in [-0.39, 0.29) is 0 Å². The first-order valence-electron chi connectivity index (χ1n) is 5.55. The number of rotatable bonds is 4. The van der Waals surface area contributed by atoms with E-state index in [1.54, 1.807) is 7.11 Å². The van der Waals surface area contributed by atoms with Crippen LogP contribution in [0.3, 0.4) is 0 Å². The fourth-order valence-electron chi connectivity index (χ4n) is 1.77. The third-order valence-corrected chi connectivity index (χ3v) is 2.52. The number of benzene rings is 2. The van der Waals surface area contributed by atoms with Crippen molar-refractivity contribution in [2.75, 3.05) is 13.7 Å². The zero-order valence-electron chi connectivity index (χ0n) is 9.69. The molecule has 0 unspecified atom stereocenters. The van der Waals surface area contributed by atoms with Crippen LogP contribution in [-0.2, 0) is 0 Å². The average Bonchev–Trinajstić information content (AvgIpc) is 2.35. The topological polar surface area (TPSA) is 18.5 Å². The molecule has 0 bridgehead atoms. The normalized spacial score (nSPS) is 10.4. The molecule has 0 aliphatic rings. The third-order valence-electron chi connectivity index (χ3n) is 2.52. The van der Waals surface area contributed by atoms with Crippen LogP contribution in [0.2, 0.25) is 0 Å². The molecule has 0 saturated carbocycles. The maximum atomic E-state index is 5.71. The minimum atomic E-state index is 0.746. The standard InChI is InChI=1S/C14H16O2/c1-3-10-16-14-9-5-6-11-12(14)7-4-8-13(11)15-2/h4-9H,3,10H2,1-2H3. The van der Waals surface area contributed by atoms with Gasteiger partial charge in [0.15, 0.2) is 0 Å². The van der Waals surface area contributed by atoms with Gasteiger partial charge in [-0.05, 0) is 18.6 Å². The Kier molecular flexibility index (Phi) is 3.30. The van der Waals surface area contributed by atoms with Crippen LogP contribution in [0.1, 0.15) is 13.3 Å². The van der Waals surface area contributed by atoms with Gasteiger partial charge in [0.1, 0.15) is 11.5 Å². The molecular formula is C14H16O2. The zero-order chi connectivity index (χ0) is 11.4. The molecule has 2 aromatic rings. The molecule has 2 heteroatoms. The van der Waals surface area contributed by atoms with E-state index in [4.69, 9.17) is 9.47 Å². The van der Waals surface area contributed by atoms with Crippen molar-refractivity contribution in [1.82, 2.24) is 0 Å². The molecule has 2 rings (SSSR count). The second-order valence-electron chi connectivity index (χ2n) is 3.66. The third kappa shape index (κ3) is 1.96. The van der Waals surface area contributed by atoms with Crippen LogP contribution in [0, 0.1) is 0 Å². The van der Waals surface area contributed by atoms with E-state index in [0.717, 1.165) is 35.3 Å². The number of hydrogen-bond acceptors (Lipinski definition) is 2. The predicted molar refractivity (Wildman–Crippen MR) is 66.3 cm³/mol. The van der Waals surface area contributed by atoms with Crippen molar-refractivity contribution in [3.05, 3.63) is 36.4 Å². The molecule has 0 saturated heterocycles. The zero-order valence-corrected chi connectivity index (χ0v) is 9.69. The van der Waals surface area contributed by atoms with Crippen molar-refractivity contribution in [3.63, 3.8) is 0 Å². The molecule has 2 aromatic carbocycles. The first-order valence-corrected chi connectivity index (χ1v) is 5.55. The fraction of sp³-hybridized carbons (Fsp3) is 0.286. The summed E-state index contributed by atoms with van der Waals surface area (Å²) in [6, 6.07) is 12.1. The van der Waals surface area contributed by atoms with Crippen molar-refractivity contribution >= 4 is 10.8 Å². The van der Waals surface area contributed by atoms with Crippen molar-refractivity contribution < 1.29 is 9.47 Å². The van der Waals surface area contributed by atoms with Crippen LogP contribution >= 0.6 is 0 Å². The van der Waals surface area contributed by atoms with Crippen molar-refractivity contribution in [1.29, 1.82) is 0 Å². The summed E-state index contributed by atoms with van der Waals surface area (Å²) >= 11 is 0. The fourth-order valence-corrected chi connectivity index (χ4v) is 1.77. The summed E-state index contributed by atoms with van der Waals surface area (Å²) in [5.41, 5.74) is 0. The molecular weight excluding hydrogens is 200 g/mol. The summed E-state index contributed by atoms with van der Waals surface area (Å²) < 4.78 is 11.0. The van der Waals surface area contributed by atoms with Crippen LogP contribution < -0.4 is 9.47 Å². The Hall–Kier alpha value is -1.70. The number of fused-ring (bicyclic) bond motifs is 1. The van der Waals surface area contributed by atoms with E-state index < -0.39 is 0 Å². The molecule has 0 fully saturated rings. The Morgan fingerprint density at radius 3 is 2.19 bits per heavy atom. The smallest absolute Gasteiger partial charge is 0.127 e. The average molecular weight is 216 g/mol. The first-order chi connectivity index (χ1) is 7.86. The molecule has 0 aliphatic heterocycles. The van der Waals surface area contributed by atoms with Gasteiger partial charge in [0.25, 0.3) is 0 Å². The van der Waals surface area contributed by atoms with Crippen LogP contribution in [0.25, 0.3) is 10.8 Å². The summed E-state index contributed by atoms with van der Waals surface area (Å²) in [7, 11) is 1.69. The van der Waals surface area contributed by atoms with Crippen molar-refractivity contribution in [2.24, 2.45) is 0 Å². The second kappa shape index (κ2) is 4.88. The molecule has 16 heavy (non-hydrogen) atoms. The Balaban J connectivity index is 2.51. The summed E-state index contributed by atoms with van der Waals surface area (Å²) in [5.74, 6) is 1.82. The highest BCUT2D eigenvalue weighted by Crippen LogP contribution is 2.31. The van der Waals surface area contributed by atoms with Crippen molar-refractivity contribution in [2.45, 2.75) is 13.3 Å². The Morgan fingerprint density at radius 2 is 1.56 bits per heavy atom. The molecule has 0 aromatic heterocycles. The lowest BCUT2D eigenvalue weighted by atomic mass is 10.1. The Bertz CT molecular complexity index is 477. The summed E-state index contributed by atoms with van der Waals surface area (Å²) in [6.07, 6.45) is 1.01. The number of methoxy groups -OCH3 is 1. The van der Waals surface area contributed by atoms with E-state index in [2.05, 4.69) is 13.0 Å². The highest BCUT2D eigenvalue weighted by atomic mass is 16.5. The molecule has 0 atom stereocenters. The monoisotopic (exact) mass is 216 g/mol. The van der Waals surface area contributed by atoms with Gasteiger partial charge in [-0.25, -0.2) is 0 Å². The number of ether oxygens (including phenoxy) is 2. The molecule has 0 heterocycles. The van der Waals surface area contributed by atoms with Crippen LogP contribution in [-0.4, -0.2) is 13.7 Å². The van der Waals surface area contributed by atoms with Crippen LogP contribution in [0.4, 0.5) is 0 Å². The van der Waals surface area contributed by atoms with Gasteiger partial charge in [-0.3, -0.25) is 0 Å². The first kappa shape index (κ1) is 10.8. The molecule has 0 amide bonds. The van der Waals surface area contributed by atoms with E-state index in [1.165, 1.54) is 0 Å². The maximum Gasteiger partial charge on any atom is 0.127 e. The highest BCUT2D eigenvalue weighted by molar-refractivity contribution is 5.93. The van der Waals surface area contributed by atoms with Gasteiger partial charge in [0.05, 0.1) is 13.7 Å². The van der Waals surface area contributed by atoms with E-state index in [1.807, 2.05) is 30.3 Å². The van der Waals surface area contributed by atoms with Gasteiger partial charge in [-0.2, -0.15) is 0 Å². The summed E-state index contributed by atoms with van der Waals surface area (Å²) in [5, 5.41) is 2.20. The summed E-state index contributed by atoms with van der Waals surface area (Å²) in [6.45, 7) is 2.85. The molecule has 0 radical (unpaired) electrons. The number of hydrogen-bond donors (Lipinski definition) is 0. The highest BCUT2D eigenvalue weighted by Gasteiger charge is 2.05. The van der Waals surface area contributed by atoms with Gasteiger partial charge in [-0.1, -0.05) is 31.2 Å². The van der Waals surface area contributed by atoms with Gasteiger partial charge in [0.2, 0.25) is 0 Å². The van der Waals surface area contributed by atoms with Gasteiger partial charge >= 0.3 is 0 Å². The molecule has 0 spiro atoms. The Labute approximate surface area is 95.8 Å². The largest absolute Gasteiger partial charge is 0.496 e. The van der Waals surface area contributed by atoms with Crippen LogP contribution in [0.5, 0.6) is 11.5 Å². The lowest BCUT2D eigenvalue weighted by molar-refractivity contribution is 0.321. The van der Waals surface area contributed by atoms with E-state index in [0.29, 0.717) is 0 Å². The lowest BCUT2D eigenvalue weighted by Gasteiger charge is -2.10. The molecule has 0 aliphatic carbocycles. The quantitative estimate of drug-likeness (QED) is 0.776. The predicted octanol–water partition coefficient (Wildman–Crippen LogP) is 3.64. The van der Waals surface area contributed by atoms with Gasteiger partial charge in [0, 0.05) is 10.8 Å². The molecule has 0 N–H and O–H groups in total. The Morgan fingerprint density at radius 1 is 0.938 bits per heavy atom.